The monoisotopic (exact) mass is 655 g/mol. The van der Waals surface area contributed by atoms with Gasteiger partial charge in [-0.2, -0.15) is 0 Å². The fourth-order valence-electron chi connectivity index (χ4n) is 6.67. The van der Waals surface area contributed by atoms with Gasteiger partial charge in [-0.1, -0.05) is 0 Å². The first kappa shape index (κ1) is 35.5. The molecule has 4 saturated heterocycles. The summed E-state index contributed by atoms with van der Waals surface area (Å²) in [5.74, 6) is 0. The molecule has 4 heterocycles. The van der Waals surface area contributed by atoms with Crippen LogP contribution in [0.1, 0.15) is 19.3 Å². The lowest BCUT2D eigenvalue weighted by molar-refractivity contribution is -0.317. The van der Waals surface area contributed by atoms with E-state index in [1.165, 1.54) is 0 Å². The molecule has 0 amide bonds. The van der Waals surface area contributed by atoms with Crippen LogP contribution in [0.4, 0.5) is 0 Å². The summed E-state index contributed by atoms with van der Waals surface area (Å²) in [5, 5.41) is 74.3. The largest absolute Gasteiger partial charge is 0.394 e. The second kappa shape index (κ2) is 14.8. The highest BCUT2D eigenvalue weighted by atomic mass is 16.8. The van der Waals surface area contributed by atoms with Crippen molar-refractivity contribution in [3.8, 4) is 0 Å². The van der Waals surface area contributed by atoms with Gasteiger partial charge in [0.15, 0.2) is 18.9 Å². The Labute approximate surface area is 259 Å². The van der Waals surface area contributed by atoms with Crippen LogP contribution in [0.2, 0.25) is 0 Å². The van der Waals surface area contributed by atoms with Gasteiger partial charge in [0.25, 0.3) is 0 Å². The van der Waals surface area contributed by atoms with E-state index in [-0.39, 0.29) is 13.0 Å². The molecule has 19 nitrogen and oxygen atoms in total. The lowest BCUT2D eigenvalue weighted by Gasteiger charge is -2.48. The van der Waals surface area contributed by atoms with Crippen LogP contribution >= 0.6 is 0 Å². The van der Waals surface area contributed by atoms with Gasteiger partial charge in [0, 0.05) is 25.2 Å². The number of hydrogen-bond donors (Lipinski definition) is 12. The molecular weight excluding hydrogens is 606 g/mol. The number of hydrogen-bond acceptors (Lipinski definition) is 19. The van der Waals surface area contributed by atoms with Crippen LogP contribution in [-0.2, 0) is 33.2 Å². The SMILES string of the molecule is NCC1O[C@H](O[C@@H]2[C@H](O)[C@H](OC3C(O)[C@H](N)CC(N)[C@H]3O[C@H]3OC4C(O)CCCO[C@H]4C(O)C3N)O[C@@H]2CO)C(N)C(O)[C@@H]1O. The van der Waals surface area contributed by atoms with Gasteiger partial charge in [-0.05, 0) is 19.3 Å². The highest BCUT2D eigenvalue weighted by molar-refractivity contribution is 5.03. The molecular formula is C26H49N5O14. The van der Waals surface area contributed by atoms with Crippen LogP contribution in [0, 0.1) is 0 Å². The summed E-state index contributed by atoms with van der Waals surface area (Å²) in [5.41, 5.74) is 30.4. The molecule has 5 rings (SSSR count). The summed E-state index contributed by atoms with van der Waals surface area (Å²) in [7, 11) is 0. The zero-order valence-electron chi connectivity index (χ0n) is 24.7. The van der Waals surface area contributed by atoms with Crippen molar-refractivity contribution in [3.05, 3.63) is 0 Å². The van der Waals surface area contributed by atoms with Crippen molar-refractivity contribution in [1.82, 2.24) is 0 Å². The van der Waals surface area contributed by atoms with Crippen LogP contribution < -0.4 is 28.7 Å². The third-order valence-corrected chi connectivity index (χ3v) is 9.38. The standard InChI is InChI=1S/C26H49N5O14/c27-5-10-15(35)16(36)12(30)24(40-10)44-21-11(6-32)41-26(18(21)38)45-23-14(34)7(28)4-8(29)19(23)42-25-13(31)17(37)22-20(43-25)9(33)2-1-3-39-22/h7-26,32-38H,1-6,27-31H2/t7-,8?,9?,10?,11-,12?,13?,14?,15-,16?,17?,18+,19-,20?,21+,22+,23?,24-,25+,26+/m1/s1. The molecule has 20 atom stereocenters. The predicted molar refractivity (Wildman–Crippen MR) is 148 cm³/mol. The second-order valence-corrected chi connectivity index (χ2v) is 12.5. The molecule has 5 aliphatic rings. The minimum absolute atomic E-state index is 0.0977. The maximum Gasteiger partial charge on any atom is 0.187 e. The molecule has 0 aromatic rings. The van der Waals surface area contributed by atoms with Gasteiger partial charge in [-0.25, -0.2) is 0 Å². The van der Waals surface area contributed by atoms with E-state index in [1.807, 2.05) is 0 Å². The van der Waals surface area contributed by atoms with Gasteiger partial charge in [0.2, 0.25) is 0 Å². The Balaban J connectivity index is 1.31. The Morgan fingerprint density at radius 3 is 1.93 bits per heavy atom. The maximum atomic E-state index is 11.2. The molecule has 19 heteroatoms. The molecule has 0 aromatic heterocycles. The quantitative estimate of drug-likeness (QED) is 0.115. The Hall–Kier alpha value is -0.760. The molecule has 262 valence electrons. The molecule has 10 unspecified atom stereocenters. The molecule has 45 heavy (non-hydrogen) atoms. The number of fused-ring (bicyclic) bond motifs is 1. The van der Waals surface area contributed by atoms with Crippen molar-refractivity contribution in [2.24, 2.45) is 28.7 Å². The summed E-state index contributed by atoms with van der Waals surface area (Å²) < 4.78 is 41.0. The Bertz CT molecular complexity index is 962. The van der Waals surface area contributed by atoms with Gasteiger partial charge in [-0.3, -0.25) is 0 Å². The van der Waals surface area contributed by atoms with Crippen LogP contribution in [0.25, 0.3) is 0 Å². The van der Waals surface area contributed by atoms with Crippen molar-refractivity contribution in [2.75, 3.05) is 19.8 Å². The van der Waals surface area contributed by atoms with Crippen LogP contribution in [-0.4, -0.2) is 178 Å². The Kier molecular flexibility index (Phi) is 11.7. The second-order valence-electron chi connectivity index (χ2n) is 12.5. The van der Waals surface area contributed by atoms with Crippen molar-refractivity contribution >= 4 is 0 Å². The number of ether oxygens (including phenoxy) is 7. The van der Waals surface area contributed by atoms with Gasteiger partial charge >= 0.3 is 0 Å². The van der Waals surface area contributed by atoms with E-state index >= 15 is 0 Å². The molecule has 1 aliphatic carbocycles. The van der Waals surface area contributed by atoms with Gasteiger partial charge in [0.05, 0.1) is 30.9 Å². The molecule has 0 aromatic carbocycles. The molecule has 1 saturated carbocycles. The van der Waals surface area contributed by atoms with Gasteiger partial charge in [-0.15, -0.1) is 0 Å². The summed E-state index contributed by atoms with van der Waals surface area (Å²) in [4.78, 5) is 0. The smallest absolute Gasteiger partial charge is 0.187 e. The zero-order chi connectivity index (χ0) is 32.7. The van der Waals surface area contributed by atoms with Gasteiger partial charge in [0.1, 0.15) is 67.1 Å². The van der Waals surface area contributed by atoms with Crippen molar-refractivity contribution in [3.63, 3.8) is 0 Å². The highest BCUT2D eigenvalue weighted by Crippen LogP contribution is 2.35. The third kappa shape index (κ3) is 7.04. The van der Waals surface area contributed by atoms with Gasteiger partial charge < -0.3 is 97.6 Å². The van der Waals surface area contributed by atoms with Crippen LogP contribution in [0.15, 0.2) is 0 Å². The number of nitrogens with two attached hydrogens (primary N) is 5. The zero-order valence-corrected chi connectivity index (χ0v) is 24.7. The van der Waals surface area contributed by atoms with E-state index in [9.17, 15) is 35.7 Å². The molecule has 0 radical (unpaired) electrons. The third-order valence-electron chi connectivity index (χ3n) is 9.38. The predicted octanol–water partition coefficient (Wildman–Crippen LogP) is -7.68. The summed E-state index contributed by atoms with van der Waals surface area (Å²) in [6.45, 7) is -0.497. The summed E-state index contributed by atoms with van der Waals surface area (Å²) >= 11 is 0. The number of aliphatic hydroxyl groups is 7. The van der Waals surface area contributed by atoms with E-state index in [1.54, 1.807) is 0 Å². The molecule has 5 fully saturated rings. The van der Waals surface area contributed by atoms with E-state index in [2.05, 4.69) is 0 Å². The van der Waals surface area contributed by atoms with E-state index in [0.717, 1.165) is 0 Å². The lowest BCUT2D eigenvalue weighted by atomic mass is 9.84. The van der Waals surface area contributed by atoms with Crippen LogP contribution in [0.3, 0.4) is 0 Å². The van der Waals surface area contributed by atoms with E-state index in [4.69, 9.17) is 61.8 Å². The van der Waals surface area contributed by atoms with Crippen molar-refractivity contribution < 1.29 is 68.9 Å². The minimum Gasteiger partial charge on any atom is -0.394 e. The fraction of sp³-hybridized carbons (Fsp3) is 1.00. The highest BCUT2D eigenvalue weighted by Gasteiger charge is 2.55. The van der Waals surface area contributed by atoms with Crippen LogP contribution in [0.5, 0.6) is 0 Å². The summed E-state index contributed by atoms with van der Waals surface area (Å²) in [6, 6.07) is -4.08. The molecule has 17 N–H and O–H groups in total. The van der Waals surface area contributed by atoms with Crippen molar-refractivity contribution in [1.29, 1.82) is 0 Å². The first-order valence-corrected chi connectivity index (χ1v) is 15.3. The lowest BCUT2D eigenvalue weighted by Crippen LogP contribution is -2.68. The summed E-state index contributed by atoms with van der Waals surface area (Å²) in [6.07, 6.45) is -19.0. The number of rotatable bonds is 8. The first-order valence-electron chi connectivity index (χ1n) is 15.3. The van der Waals surface area contributed by atoms with Crippen molar-refractivity contribution in [2.45, 2.75) is 142 Å². The molecule has 0 bridgehead atoms. The Morgan fingerprint density at radius 2 is 1.24 bits per heavy atom. The molecule has 4 aliphatic heterocycles. The maximum absolute atomic E-state index is 11.2. The topological polar surface area (TPSA) is 336 Å². The minimum atomic E-state index is -1.60. The molecule has 0 spiro atoms. The van der Waals surface area contributed by atoms with E-state index < -0.39 is 129 Å². The normalized spacial score (nSPS) is 54.4. The average Bonchev–Trinajstić information content (AvgIpc) is 3.18. The van der Waals surface area contributed by atoms with E-state index in [0.29, 0.717) is 19.4 Å². The first-order chi connectivity index (χ1) is 21.4. The fourth-order valence-corrected chi connectivity index (χ4v) is 6.67. The number of aliphatic hydroxyl groups excluding tert-OH is 7. The average molecular weight is 656 g/mol. The Morgan fingerprint density at radius 1 is 0.622 bits per heavy atom.